The van der Waals surface area contributed by atoms with Gasteiger partial charge in [-0.05, 0) is 69.7 Å². The van der Waals surface area contributed by atoms with Crippen LogP contribution in [0.4, 0.5) is 0 Å². The number of fused-ring (bicyclic) bond motifs is 1. The predicted molar refractivity (Wildman–Crippen MR) is 128 cm³/mol. The molecule has 0 atom stereocenters. The average molecular weight is 475 g/mol. The van der Waals surface area contributed by atoms with Crippen LogP contribution in [0.3, 0.4) is 0 Å². The Morgan fingerprint density at radius 1 is 0.935 bits per heavy atom. The number of allylic oxidation sites excluding steroid dienone is 2. The van der Waals surface area contributed by atoms with Crippen molar-refractivity contribution in [1.29, 1.82) is 0 Å². The van der Waals surface area contributed by atoms with E-state index in [9.17, 15) is 9.90 Å². The van der Waals surface area contributed by atoms with E-state index in [1.807, 2.05) is 37.3 Å². The number of hydrogen-bond acceptors (Lipinski definition) is 2. The standard InChI is InChI=1S/C27H23BrO3/c1-18-24(23-12-11-22(28)14-26(23)25(18)15-27(29)30)13-19-7-9-21(10-8-19)17-31-16-20-5-3-2-4-6-20/h2-14H,15-17H2,1H3,(H,29,30)/b24-13-. The van der Waals surface area contributed by atoms with Crippen LogP contribution in [-0.2, 0) is 22.7 Å². The van der Waals surface area contributed by atoms with Crippen LogP contribution in [0.5, 0.6) is 0 Å². The summed E-state index contributed by atoms with van der Waals surface area (Å²) in [5.74, 6) is -0.818. The van der Waals surface area contributed by atoms with Gasteiger partial charge in [0.2, 0.25) is 0 Å². The third kappa shape index (κ3) is 5.04. The van der Waals surface area contributed by atoms with Crippen molar-refractivity contribution in [2.45, 2.75) is 26.6 Å². The summed E-state index contributed by atoms with van der Waals surface area (Å²) in [6.45, 7) is 3.16. The number of rotatable bonds is 7. The van der Waals surface area contributed by atoms with Crippen LogP contribution in [0.25, 0.3) is 17.2 Å². The third-order valence-corrected chi connectivity index (χ3v) is 5.95. The van der Waals surface area contributed by atoms with Crippen LogP contribution in [0.2, 0.25) is 0 Å². The number of halogens is 1. The highest BCUT2D eigenvalue weighted by molar-refractivity contribution is 9.10. The molecule has 1 aliphatic carbocycles. The molecule has 0 aliphatic heterocycles. The van der Waals surface area contributed by atoms with Crippen molar-refractivity contribution in [2.24, 2.45) is 0 Å². The lowest BCUT2D eigenvalue weighted by Gasteiger charge is -2.07. The maximum atomic E-state index is 11.4. The summed E-state index contributed by atoms with van der Waals surface area (Å²) in [7, 11) is 0. The number of ether oxygens (including phenoxy) is 1. The van der Waals surface area contributed by atoms with Gasteiger partial charge in [0.1, 0.15) is 0 Å². The number of carboxylic acid groups (broad SMARTS) is 1. The largest absolute Gasteiger partial charge is 0.481 e. The lowest BCUT2D eigenvalue weighted by Crippen LogP contribution is -1.96. The van der Waals surface area contributed by atoms with E-state index in [0.717, 1.165) is 49.0 Å². The second-order valence-corrected chi connectivity index (χ2v) is 8.56. The first-order valence-electron chi connectivity index (χ1n) is 10.2. The quantitative estimate of drug-likeness (QED) is 0.402. The van der Waals surface area contributed by atoms with Crippen molar-refractivity contribution in [3.8, 4) is 0 Å². The summed E-state index contributed by atoms with van der Waals surface area (Å²) in [6.07, 6.45) is 2.15. The van der Waals surface area contributed by atoms with E-state index in [1.165, 1.54) is 0 Å². The molecule has 1 N–H and O–H groups in total. The number of hydrogen-bond donors (Lipinski definition) is 1. The average Bonchev–Trinajstić information content (AvgIpc) is 3.00. The van der Waals surface area contributed by atoms with Gasteiger partial charge in [0, 0.05) is 4.47 Å². The van der Waals surface area contributed by atoms with E-state index in [0.29, 0.717) is 13.2 Å². The number of carbonyl (C=O) groups is 1. The molecule has 1 aliphatic rings. The SMILES string of the molecule is CC1=C(CC(=O)O)c2cc(Br)ccc2/C1=C\c1ccc(COCc2ccccc2)cc1. The molecule has 3 aromatic rings. The molecule has 3 aromatic carbocycles. The minimum absolute atomic E-state index is 0.0182. The molecule has 4 rings (SSSR count). The van der Waals surface area contributed by atoms with Crippen LogP contribution in [0, 0.1) is 0 Å². The van der Waals surface area contributed by atoms with Gasteiger partial charge in [-0.1, -0.05) is 76.6 Å². The molecule has 0 bridgehead atoms. The van der Waals surface area contributed by atoms with Crippen LogP contribution >= 0.6 is 15.9 Å². The van der Waals surface area contributed by atoms with E-state index in [4.69, 9.17) is 4.74 Å². The molecule has 0 aromatic heterocycles. The first-order chi connectivity index (χ1) is 15.0. The number of aliphatic carboxylic acids is 1. The van der Waals surface area contributed by atoms with E-state index in [1.54, 1.807) is 0 Å². The Morgan fingerprint density at radius 3 is 2.29 bits per heavy atom. The second kappa shape index (κ2) is 9.46. The van der Waals surface area contributed by atoms with Gasteiger partial charge in [0.15, 0.2) is 0 Å². The van der Waals surface area contributed by atoms with Crippen molar-refractivity contribution < 1.29 is 14.6 Å². The predicted octanol–water partition coefficient (Wildman–Crippen LogP) is 6.97. The smallest absolute Gasteiger partial charge is 0.307 e. The van der Waals surface area contributed by atoms with Crippen LogP contribution < -0.4 is 0 Å². The minimum atomic E-state index is -0.818. The topological polar surface area (TPSA) is 46.5 Å². The molecule has 0 spiro atoms. The van der Waals surface area contributed by atoms with Gasteiger partial charge in [-0.3, -0.25) is 4.79 Å². The van der Waals surface area contributed by atoms with E-state index >= 15 is 0 Å². The summed E-state index contributed by atoms with van der Waals surface area (Å²) in [4.78, 5) is 11.4. The molecule has 0 heterocycles. The monoisotopic (exact) mass is 474 g/mol. The summed E-state index contributed by atoms with van der Waals surface area (Å²) in [6, 6.07) is 24.5. The van der Waals surface area contributed by atoms with Gasteiger partial charge in [0.05, 0.1) is 19.6 Å². The van der Waals surface area contributed by atoms with Gasteiger partial charge >= 0.3 is 5.97 Å². The highest BCUT2D eigenvalue weighted by Crippen LogP contribution is 2.44. The fourth-order valence-electron chi connectivity index (χ4n) is 3.87. The Balaban J connectivity index is 1.52. The van der Waals surface area contributed by atoms with Gasteiger partial charge in [-0.15, -0.1) is 0 Å². The zero-order valence-corrected chi connectivity index (χ0v) is 18.9. The molecule has 0 saturated carbocycles. The minimum Gasteiger partial charge on any atom is -0.481 e. The van der Waals surface area contributed by atoms with E-state index < -0.39 is 5.97 Å². The zero-order chi connectivity index (χ0) is 21.8. The van der Waals surface area contributed by atoms with Gasteiger partial charge in [-0.25, -0.2) is 0 Å². The highest BCUT2D eigenvalue weighted by Gasteiger charge is 2.25. The Hall–Kier alpha value is -2.95. The second-order valence-electron chi connectivity index (χ2n) is 7.64. The van der Waals surface area contributed by atoms with Crippen molar-refractivity contribution in [3.63, 3.8) is 0 Å². The van der Waals surface area contributed by atoms with E-state index in [2.05, 4.69) is 64.5 Å². The maximum Gasteiger partial charge on any atom is 0.307 e. The molecular formula is C27H23BrO3. The summed E-state index contributed by atoms with van der Waals surface area (Å²) in [5, 5.41) is 9.36. The van der Waals surface area contributed by atoms with Crippen molar-refractivity contribution in [1.82, 2.24) is 0 Å². The lowest BCUT2D eigenvalue weighted by molar-refractivity contribution is -0.135. The molecular weight excluding hydrogens is 452 g/mol. The molecule has 31 heavy (non-hydrogen) atoms. The Morgan fingerprint density at radius 2 is 1.61 bits per heavy atom. The summed E-state index contributed by atoms with van der Waals surface area (Å²) >= 11 is 3.51. The molecule has 0 radical (unpaired) electrons. The Bertz CT molecular complexity index is 1160. The van der Waals surface area contributed by atoms with E-state index in [-0.39, 0.29) is 6.42 Å². The first-order valence-corrected chi connectivity index (χ1v) is 10.9. The highest BCUT2D eigenvalue weighted by atomic mass is 79.9. The molecule has 4 heteroatoms. The molecule has 156 valence electrons. The fraction of sp³-hybridized carbons (Fsp3) is 0.148. The third-order valence-electron chi connectivity index (χ3n) is 5.45. The Labute approximate surface area is 190 Å². The van der Waals surface area contributed by atoms with Gasteiger partial charge in [0.25, 0.3) is 0 Å². The fourth-order valence-corrected chi connectivity index (χ4v) is 4.23. The van der Waals surface area contributed by atoms with Gasteiger partial charge in [-0.2, -0.15) is 0 Å². The van der Waals surface area contributed by atoms with Crippen LogP contribution in [0.15, 0.2) is 82.8 Å². The molecule has 0 saturated heterocycles. The van der Waals surface area contributed by atoms with Crippen LogP contribution in [-0.4, -0.2) is 11.1 Å². The van der Waals surface area contributed by atoms with Crippen molar-refractivity contribution in [2.75, 3.05) is 0 Å². The summed E-state index contributed by atoms with van der Waals surface area (Å²) < 4.78 is 6.77. The van der Waals surface area contributed by atoms with Crippen molar-refractivity contribution in [3.05, 3.63) is 111 Å². The number of benzene rings is 3. The number of carboxylic acids is 1. The maximum absolute atomic E-state index is 11.4. The zero-order valence-electron chi connectivity index (χ0n) is 17.3. The molecule has 0 amide bonds. The molecule has 0 unspecified atom stereocenters. The lowest BCUT2D eigenvalue weighted by atomic mass is 10.0. The Kier molecular flexibility index (Phi) is 6.50. The van der Waals surface area contributed by atoms with Gasteiger partial charge < -0.3 is 9.84 Å². The first kappa shape index (κ1) is 21.3. The van der Waals surface area contributed by atoms with Crippen molar-refractivity contribution >= 4 is 39.1 Å². The normalized spacial score (nSPS) is 14.2. The molecule has 3 nitrogen and oxygen atoms in total. The van der Waals surface area contributed by atoms with Crippen LogP contribution in [0.1, 0.15) is 41.2 Å². The molecule has 0 fully saturated rings. The summed E-state index contributed by atoms with van der Waals surface area (Å²) in [5.41, 5.74) is 8.39.